The Morgan fingerprint density at radius 3 is 2.47 bits per heavy atom. The molecule has 0 aliphatic heterocycles. The van der Waals surface area contributed by atoms with Gasteiger partial charge in [-0.15, -0.1) is 11.8 Å². The van der Waals surface area contributed by atoms with E-state index in [1.54, 1.807) is 18.3 Å². The normalized spacial score (nSPS) is 14.4. The van der Waals surface area contributed by atoms with Crippen LogP contribution in [0.3, 0.4) is 0 Å². The lowest BCUT2D eigenvalue weighted by molar-refractivity contribution is -0.124. The third-order valence-electron chi connectivity index (χ3n) is 4.74. The number of carbonyl (C=O) groups excluding carboxylic acids is 2. The number of nitrogens with one attached hydrogen (secondary N) is 2. The summed E-state index contributed by atoms with van der Waals surface area (Å²) in [6, 6.07) is 17.2. The molecule has 7 heteroatoms. The standard InChI is InChI=1S/C23H27N3O3S/c27-22(25-19-7-3-1-4-8-19)16-29-20-13-11-18(12-14-20)15-24-26-23(28)17-30-21-9-5-2-6-10-21/h2,5-6,9-15,19H,1,3-4,7-8,16-17H2,(H,25,27)(H,26,28)/b24-15-. The number of carbonyl (C=O) groups is 2. The number of benzene rings is 2. The first kappa shape index (κ1) is 21.9. The van der Waals surface area contributed by atoms with E-state index in [1.807, 2.05) is 42.5 Å². The molecule has 2 amide bonds. The largest absolute Gasteiger partial charge is 0.484 e. The molecular formula is C23H27N3O3S. The topological polar surface area (TPSA) is 79.8 Å². The zero-order valence-corrected chi connectivity index (χ0v) is 17.7. The fourth-order valence-electron chi connectivity index (χ4n) is 3.19. The number of hydrogen-bond donors (Lipinski definition) is 2. The molecule has 0 unspecified atom stereocenters. The summed E-state index contributed by atoms with van der Waals surface area (Å²) in [7, 11) is 0. The van der Waals surface area contributed by atoms with E-state index >= 15 is 0 Å². The Kier molecular flexibility index (Phi) is 8.78. The highest BCUT2D eigenvalue weighted by Gasteiger charge is 2.15. The summed E-state index contributed by atoms with van der Waals surface area (Å²) >= 11 is 1.46. The van der Waals surface area contributed by atoms with Gasteiger partial charge < -0.3 is 10.1 Å². The van der Waals surface area contributed by atoms with Crippen molar-refractivity contribution in [3.05, 3.63) is 60.2 Å². The predicted molar refractivity (Wildman–Crippen MR) is 120 cm³/mol. The molecule has 1 aliphatic rings. The molecule has 1 fully saturated rings. The van der Waals surface area contributed by atoms with E-state index in [1.165, 1.54) is 31.0 Å². The summed E-state index contributed by atoms with van der Waals surface area (Å²) in [4.78, 5) is 24.9. The van der Waals surface area contributed by atoms with Gasteiger partial charge in [-0.1, -0.05) is 37.5 Å². The minimum atomic E-state index is -0.163. The minimum Gasteiger partial charge on any atom is -0.484 e. The van der Waals surface area contributed by atoms with Crippen LogP contribution in [-0.2, 0) is 9.59 Å². The Bertz CT molecular complexity index is 835. The van der Waals surface area contributed by atoms with Gasteiger partial charge in [-0.25, -0.2) is 5.43 Å². The van der Waals surface area contributed by atoms with Gasteiger partial charge in [0, 0.05) is 10.9 Å². The zero-order valence-electron chi connectivity index (χ0n) is 16.9. The van der Waals surface area contributed by atoms with Crippen LogP contribution in [0, 0.1) is 0 Å². The molecule has 0 radical (unpaired) electrons. The van der Waals surface area contributed by atoms with Crippen molar-refractivity contribution in [2.75, 3.05) is 12.4 Å². The van der Waals surface area contributed by atoms with Crippen LogP contribution in [0.25, 0.3) is 0 Å². The molecule has 30 heavy (non-hydrogen) atoms. The smallest absolute Gasteiger partial charge is 0.258 e. The van der Waals surface area contributed by atoms with Gasteiger partial charge in [0.1, 0.15) is 5.75 Å². The van der Waals surface area contributed by atoms with Crippen molar-refractivity contribution in [2.24, 2.45) is 5.10 Å². The van der Waals surface area contributed by atoms with Gasteiger partial charge in [-0.05, 0) is 54.8 Å². The molecule has 0 saturated heterocycles. The van der Waals surface area contributed by atoms with Crippen molar-refractivity contribution in [2.45, 2.75) is 43.0 Å². The average Bonchev–Trinajstić information content (AvgIpc) is 2.78. The van der Waals surface area contributed by atoms with Crippen LogP contribution in [0.15, 0.2) is 64.6 Å². The fourth-order valence-corrected chi connectivity index (χ4v) is 3.90. The minimum absolute atomic E-state index is 0.0130. The molecule has 2 aromatic rings. The molecule has 0 atom stereocenters. The Morgan fingerprint density at radius 2 is 1.73 bits per heavy atom. The molecule has 0 spiro atoms. The monoisotopic (exact) mass is 425 g/mol. The molecule has 6 nitrogen and oxygen atoms in total. The van der Waals surface area contributed by atoms with Crippen molar-refractivity contribution in [3.8, 4) is 5.75 Å². The van der Waals surface area contributed by atoms with Crippen molar-refractivity contribution < 1.29 is 14.3 Å². The molecule has 2 N–H and O–H groups in total. The quantitative estimate of drug-likeness (QED) is 0.364. The third kappa shape index (κ3) is 7.91. The maximum atomic E-state index is 12.0. The van der Waals surface area contributed by atoms with E-state index in [0.717, 1.165) is 23.3 Å². The molecule has 3 rings (SSSR count). The number of amides is 2. The third-order valence-corrected chi connectivity index (χ3v) is 5.75. The van der Waals surface area contributed by atoms with Crippen molar-refractivity contribution in [3.63, 3.8) is 0 Å². The van der Waals surface area contributed by atoms with Crippen molar-refractivity contribution >= 4 is 29.8 Å². The van der Waals surface area contributed by atoms with Crippen LogP contribution in [0.5, 0.6) is 5.75 Å². The fraction of sp³-hybridized carbons (Fsp3) is 0.348. The van der Waals surface area contributed by atoms with Gasteiger partial charge in [-0.3, -0.25) is 9.59 Å². The zero-order chi connectivity index (χ0) is 21.0. The lowest BCUT2D eigenvalue weighted by Crippen LogP contribution is -2.38. The van der Waals surface area contributed by atoms with Gasteiger partial charge in [0.15, 0.2) is 6.61 Å². The summed E-state index contributed by atoms with van der Waals surface area (Å²) < 4.78 is 5.55. The summed E-state index contributed by atoms with van der Waals surface area (Å²) in [6.45, 7) is 0.0130. The first-order valence-electron chi connectivity index (χ1n) is 10.2. The highest BCUT2D eigenvalue weighted by Crippen LogP contribution is 2.18. The van der Waals surface area contributed by atoms with Crippen molar-refractivity contribution in [1.29, 1.82) is 0 Å². The number of ether oxygens (including phenoxy) is 1. The van der Waals surface area contributed by atoms with Gasteiger partial charge in [0.05, 0.1) is 12.0 Å². The molecule has 158 valence electrons. The van der Waals surface area contributed by atoms with Crippen LogP contribution in [-0.4, -0.2) is 36.4 Å². The number of rotatable bonds is 9. The highest BCUT2D eigenvalue weighted by atomic mass is 32.2. The molecule has 0 aromatic heterocycles. The number of hydrazone groups is 1. The van der Waals surface area contributed by atoms with Crippen LogP contribution in [0.4, 0.5) is 0 Å². The van der Waals surface area contributed by atoms with Crippen LogP contribution < -0.4 is 15.5 Å². The second-order valence-corrected chi connectivity index (χ2v) is 8.20. The summed E-state index contributed by atoms with van der Waals surface area (Å²) in [5.74, 6) is 0.679. The summed E-state index contributed by atoms with van der Waals surface area (Å²) in [5.41, 5.74) is 3.34. The molecule has 0 heterocycles. The molecule has 0 bridgehead atoms. The highest BCUT2D eigenvalue weighted by molar-refractivity contribution is 8.00. The number of thioether (sulfide) groups is 1. The first-order valence-corrected chi connectivity index (χ1v) is 11.2. The van der Waals surface area contributed by atoms with Crippen LogP contribution >= 0.6 is 11.8 Å². The van der Waals surface area contributed by atoms with E-state index in [-0.39, 0.29) is 24.5 Å². The van der Waals surface area contributed by atoms with Gasteiger partial charge in [0.2, 0.25) is 5.91 Å². The SMILES string of the molecule is O=C(CSc1ccccc1)N/N=C\c1ccc(OCC(=O)NC2CCCCC2)cc1. The number of nitrogens with zero attached hydrogens (tertiary/aromatic N) is 1. The van der Waals surface area contributed by atoms with E-state index in [2.05, 4.69) is 15.8 Å². The van der Waals surface area contributed by atoms with Crippen molar-refractivity contribution in [1.82, 2.24) is 10.7 Å². The van der Waals surface area contributed by atoms with Gasteiger partial charge in [0.25, 0.3) is 5.91 Å². The lowest BCUT2D eigenvalue weighted by Gasteiger charge is -2.22. The Morgan fingerprint density at radius 1 is 1.00 bits per heavy atom. The molecule has 1 aliphatic carbocycles. The Hall–Kier alpha value is -2.80. The second-order valence-electron chi connectivity index (χ2n) is 7.16. The van der Waals surface area contributed by atoms with E-state index in [4.69, 9.17) is 4.74 Å². The molecular weight excluding hydrogens is 398 g/mol. The van der Waals surface area contributed by atoms with Crippen LogP contribution in [0.1, 0.15) is 37.7 Å². The lowest BCUT2D eigenvalue weighted by atomic mass is 9.95. The van der Waals surface area contributed by atoms with Gasteiger partial charge >= 0.3 is 0 Å². The summed E-state index contributed by atoms with van der Waals surface area (Å²) in [5, 5.41) is 7.01. The van der Waals surface area contributed by atoms with E-state index in [9.17, 15) is 9.59 Å². The maximum absolute atomic E-state index is 12.0. The molecule has 1 saturated carbocycles. The first-order chi connectivity index (χ1) is 14.7. The molecule has 2 aromatic carbocycles. The number of hydrogen-bond acceptors (Lipinski definition) is 5. The Labute approximate surface area is 181 Å². The maximum Gasteiger partial charge on any atom is 0.258 e. The Balaban J connectivity index is 1.35. The van der Waals surface area contributed by atoms with E-state index < -0.39 is 0 Å². The second kappa shape index (κ2) is 12.0. The average molecular weight is 426 g/mol. The van der Waals surface area contributed by atoms with E-state index in [0.29, 0.717) is 11.5 Å². The van der Waals surface area contributed by atoms with Gasteiger partial charge in [-0.2, -0.15) is 5.10 Å². The van der Waals surface area contributed by atoms with Crippen LogP contribution in [0.2, 0.25) is 0 Å². The predicted octanol–water partition coefficient (Wildman–Crippen LogP) is 3.76. The summed E-state index contributed by atoms with van der Waals surface area (Å²) in [6.07, 6.45) is 7.31.